The number of benzene rings is 1. The van der Waals surface area contributed by atoms with Crippen molar-refractivity contribution in [2.24, 2.45) is 0 Å². The van der Waals surface area contributed by atoms with Gasteiger partial charge in [0.2, 0.25) is 0 Å². The van der Waals surface area contributed by atoms with Crippen LogP contribution in [0.1, 0.15) is 10.4 Å². The summed E-state index contributed by atoms with van der Waals surface area (Å²) in [4.78, 5) is 10.1. The van der Waals surface area contributed by atoms with E-state index in [0.717, 1.165) is 6.07 Å². The molecule has 0 aromatic heterocycles. The van der Waals surface area contributed by atoms with Gasteiger partial charge in [0.1, 0.15) is 5.82 Å². The Morgan fingerprint density at radius 2 is 2.18 bits per heavy atom. The number of carbonyl (C=O) groups excluding carboxylic acids is 1. The molecular weight excluding hydrogens is 149 g/mol. The minimum absolute atomic E-state index is 0.00602. The van der Waals surface area contributed by atoms with E-state index in [1.165, 1.54) is 6.07 Å². The van der Waals surface area contributed by atoms with Crippen LogP contribution in [0.15, 0.2) is 12.1 Å². The average Bonchev–Trinajstić information content (AvgIpc) is 1.99. The van der Waals surface area contributed by atoms with E-state index >= 15 is 0 Å². The zero-order valence-corrected chi connectivity index (χ0v) is 5.54. The molecular formula is C7H6FNO2. The number of hydrogen-bond acceptors (Lipinski definition) is 3. The van der Waals surface area contributed by atoms with E-state index < -0.39 is 17.1 Å². The summed E-state index contributed by atoms with van der Waals surface area (Å²) in [5.74, 6) is -1.27. The molecule has 0 unspecified atom stereocenters. The van der Waals surface area contributed by atoms with Gasteiger partial charge >= 0.3 is 0 Å². The third-order valence-corrected chi connectivity index (χ3v) is 1.31. The van der Waals surface area contributed by atoms with Gasteiger partial charge < -0.3 is 10.8 Å². The Kier molecular flexibility index (Phi) is 1.76. The van der Waals surface area contributed by atoms with Gasteiger partial charge in [-0.2, -0.15) is 0 Å². The van der Waals surface area contributed by atoms with Gasteiger partial charge in [-0.3, -0.25) is 4.79 Å². The highest BCUT2D eigenvalue weighted by atomic mass is 19.1. The number of aldehydes is 1. The number of aromatic hydroxyl groups is 1. The molecule has 0 aliphatic heterocycles. The maximum absolute atomic E-state index is 12.6. The number of hydrogen-bond donors (Lipinski definition) is 2. The lowest BCUT2D eigenvalue weighted by molar-refractivity contribution is 0.111. The molecule has 0 saturated heterocycles. The van der Waals surface area contributed by atoms with Crippen molar-refractivity contribution in [2.75, 3.05) is 5.73 Å². The Balaban J connectivity index is 3.40. The van der Waals surface area contributed by atoms with Gasteiger partial charge in [-0.25, -0.2) is 4.39 Å². The van der Waals surface area contributed by atoms with Gasteiger partial charge in [0.25, 0.3) is 0 Å². The summed E-state index contributed by atoms with van der Waals surface area (Å²) in [5.41, 5.74) is 4.79. The number of anilines is 1. The third-order valence-electron chi connectivity index (χ3n) is 1.31. The van der Waals surface area contributed by atoms with Crippen LogP contribution < -0.4 is 5.73 Å². The Bertz CT molecular complexity index is 299. The highest BCUT2D eigenvalue weighted by Gasteiger charge is 2.08. The predicted octanol–water partition coefficient (Wildman–Crippen LogP) is 0.926. The molecule has 0 heterocycles. The number of phenols is 1. The quantitative estimate of drug-likeness (QED) is 0.360. The van der Waals surface area contributed by atoms with Crippen LogP contribution >= 0.6 is 0 Å². The van der Waals surface area contributed by atoms with Crippen LogP contribution in [0.25, 0.3) is 0 Å². The van der Waals surface area contributed by atoms with Crippen molar-refractivity contribution < 1.29 is 14.3 Å². The van der Waals surface area contributed by atoms with Crippen molar-refractivity contribution in [3.05, 3.63) is 23.5 Å². The monoisotopic (exact) mass is 155 g/mol. The summed E-state index contributed by atoms with van der Waals surface area (Å²) in [7, 11) is 0. The molecule has 0 fully saturated rings. The van der Waals surface area contributed by atoms with E-state index in [1.807, 2.05) is 0 Å². The van der Waals surface area contributed by atoms with Crippen molar-refractivity contribution in [2.45, 2.75) is 0 Å². The number of nitrogens with two attached hydrogens (primary N) is 1. The molecule has 0 aliphatic carbocycles. The predicted molar refractivity (Wildman–Crippen MR) is 37.9 cm³/mol. The molecule has 4 heteroatoms. The summed E-state index contributed by atoms with van der Waals surface area (Å²) in [6, 6.07) is 2.22. The molecule has 0 spiro atoms. The Hall–Kier alpha value is -1.58. The van der Waals surface area contributed by atoms with E-state index in [0.29, 0.717) is 0 Å². The Morgan fingerprint density at radius 1 is 1.55 bits per heavy atom. The molecule has 11 heavy (non-hydrogen) atoms. The van der Waals surface area contributed by atoms with Crippen molar-refractivity contribution in [1.82, 2.24) is 0 Å². The minimum atomic E-state index is -0.772. The second-order valence-corrected chi connectivity index (χ2v) is 2.02. The number of carbonyl (C=O) groups is 1. The van der Waals surface area contributed by atoms with Crippen molar-refractivity contribution in [3.8, 4) is 5.75 Å². The summed E-state index contributed by atoms with van der Waals surface area (Å²) < 4.78 is 12.6. The topological polar surface area (TPSA) is 63.3 Å². The molecule has 1 rings (SSSR count). The van der Waals surface area contributed by atoms with Gasteiger partial charge in [0.15, 0.2) is 12.0 Å². The molecule has 0 aliphatic rings. The normalized spacial score (nSPS) is 9.55. The zero-order valence-electron chi connectivity index (χ0n) is 5.54. The van der Waals surface area contributed by atoms with E-state index in [-0.39, 0.29) is 12.0 Å². The number of halogens is 1. The van der Waals surface area contributed by atoms with Crippen molar-refractivity contribution >= 4 is 12.0 Å². The van der Waals surface area contributed by atoms with Crippen molar-refractivity contribution in [3.63, 3.8) is 0 Å². The zero-order chi connectivity index (χ0) is 8.43. The first-order valence-electron chi connectivity index (χ1n) is 2.89. The van der Waals surface area contributed by atoms with Gasteiger partial charge in [-0.05, 0) is 12.1 Å². The minimum Gasteiger partial charge on any atom is -0.505 e. The fraction of sp³-hybridized carbons (Fsp3) is 0. The van der Waals surface area contributed by atoms with E-state index in [9.17, 15) is 9.18 Å². The van der Waals surface area contributed by atoms with Crippen LogP contribution in [0.4, 0.5) is 10.1 Å². The largest absolute Gasteiger partial charge is 0.505 e. The lowest BCUT2D eigenvalue weighted by Gasteiger charge is -2.00. The van der Waals surface area contributed by atoms with Gasteiger partial charge in [-0.15, -0.1) is 0 Å². The van der Waals surface area contributed by atoms with Crippen LogP contribution in [0.3, 0.4) is 0 Å². The van der Waals surface area contributed by atoms with Crippen LogP contribution in [0, 0.1) is 5.82 Å². The lowest BCUT2D eigenvalue weighted by atomic mass is 10.2. The van der Waals surface area contributed by atoms with Gasteiger partial charge in [-0.1, -0.05) is 0 Å². The first-order chi connectivity index (χ1) is 5.16. The summed E-state index contributed by atoms with van der Waals surface area (Å²) >= 11 is 0. The van der Waals surface area contributed by atoms with E-state index in [1.54, 1.807) is 0 Å². The standard InChI is InChI=1S/C7H6FNO2/c8-5-1-2-6(9)7(11)4(5)3-10/h1-3,11H,9H2. The fourth-order valence-electron chi connectivity index (χ4n) is 0.712. The van der Waals surface area contributed by atoms with Crippen LogP contribution in [-0.2, 0) is 0 Å². The molecule has 0 amide bonds. The highest BCUT2D eigenvalue weighted by molar-refractivity contribution is 5.83. The second-order valence-electron chi connectivity index (χ2n) is 2.02. The first kappa shape index (κ1) is 7.53. The van der Waals surface area contributed by atoms with Crippen molar-refractivity contribution in [1.29, 1.82) is 0 Å². The Morgan fingerprint density at radius 3 is 2.64 bits per heavy atom. The van der Waals surface area contributed by atoms with Gasteiger partial charge in [0, 0.05) is 0 Å². The van der Waals surface area contributed by atoms with Gasteiger partial charge in [0.05, 0.1) is 11.3 Å². The smallest absolute Gasteiger partial charge is 0.156 e. The van der Waals surface area contributed by atoms with E-state index in [2.05, 4.69) is 0 Å². The third kappa shape index (κ3) is 1.14. The summed E-state index contributed by atoms with van der Waals surface area (Å²) in [6.07, 6.45) is 0.223. The van der Waals surface area contributed by atoms with Crippen LogP contribution in [0.2, 0.25) is 0 Å². The average molecular weight is 155 g/mol. The molecule has 0 atom stereocenters. The van der Waals surface area contributed by atoms with Crippen LogP contribution in [-0.4, -0.2) is 11.4 Å². The second kappa shape index (κ2) is 2.57. The summed E-state index contributed by atoms with van der Waals surface area (Å²) in [6.45, 7) is 0. The maximum atomic E-state index is 12.6. The SMILES string of the molecule is Nc1ccc(F)c(C=O)c1O. The molecule has 1 aromatic rings. The van der Waals surface area contributed by atoms with Crippen LogP contribution in [0.5, 0.6) is 5.75 Å². The lowest BCUT2D eigenvalue weighted by Crippen LogP contribution is -1.93. The highest BCUT2D eigenvalue weighted by Crippen LogP contribution is 2.25. The molecule has 1 aromatic carbocycles. The molecule has 3 nitrogen and oxygen atoms in total. The maximum Gasteiger partial charge on any atom is 0.156 e. The number of nitrogen functional groups attached to an aromatic ring is 1. The molecule has 0 radical (unpaired) electrons. The molecule has 0 bridgehead atoms. The fourth-order valence-corrected chi connectivity index (χ4v) is 0.712. The number of rotatable bonds is 1. The molecule has 0 saturated carbocycles. The number of phenolic OH excluding ortho intramolecular Hbond substituents is 1. The summed E-state index contributed by atoms with van der Waals surface area (Å²) in [5, 5.41) is 8.98. The Labute approximate surface area is 62.3 Å². The van der Waals surface area contributed by atoms with E-state index in [4.69, 9.17) is 10.8 Å². The molecule has 3 N–H and O–H groups in total. The molecule has 58 valence electrons. The first-order valence-corrected chi connectivity index (χ1v) is 2.89.